The zero-order chi connectivity index (χ0) is 12.3. The van der Waals surface area contributed by atoms with E-state index >= 15 is 0 Å². The molecule has 0 radical (unpaired) electrons. The van der Waals surface area contributed by atoms with Gasteiger partial charge >= 0.3 is 5.88 Å². The van der Waals surface area contributed by atoms with E-state index in [9.17, 15) is 15.2 Å². The Morgan fingerprint density at radius 2 is 2.06 bits per heavy atom. The first-order valence-electron chi connectivity index (χ1n) is 4.87. The minimum absolute atomic E-state index is 0.0690. The molecule has 1 aromatic rings. The Bertz CT molecular complexity index is 547. The van der Waals surface area contributed by atoms with Gasteiger partial charge in [-0.15, -0.1) is 0 Å². The number of hydrogen-bond donors (Lipinski definition) is 1. The lowest BCUT2D eigenvalue weighted by molar-refractivity contribution is -0.402. The molecule has 1 aliphatic rings. The monoisotopic (exact) mass is 231 g/mol. The summed E-state index contributed by atoms with van der Waals surface area (Å²) in [5.41, 5.74) is 0.928. The first-order valence-corrected chi connectivity index (χ1v) is 4.87. The van der Waals surface area contributed by atoms with Crippen molar-refractivity contribution >= 4 is 11.6 Å². The van der Waals surface area contributed by atoms with Crippen LogP contribution in [-0.2, 0) is 0 Å². The van der Waals surface area contributed by atoms with E-state index in [1.165, 1.54) is 18.2 Å². The summed E-state index contributed by atoms with van der Waals surface area (Å²) in [5.74, 6) is -0.480. The Morgan fingerprint density at radius 1 is 1.35 bits per heavy atom. The molecule has 0 spiro atoms. The van der Waals surface area contributed by atoms with Gasteiger partial charge in [-0.1, -0.05) is 30.4 Å². The van der Waals surface area contributed by atoms with Crippen molar-refractivity contribution in [1.29, 1.82) is 0 Å². The maximum absolute atomic E-state index is 10.4. The lowest BCUT2D eigenvalue weighted by Crippen LogP contribution is -1.83. The molecule has 0 saturated heterocycles. The lowest BCUT2D eigenvalue weighted by atomic mass is 10.2. The molecule has 86 valence electrons. The highest BCUT2D eigenvalue weighted by Crippen LogP contribution is 2.21. The minimum Gasteiger partial charge on any atom is -0.504 e. The second kappa shape index (κ2) is 4.52. The van der Waals surface area contributed by atoms with Crippen molar-refractivity contribution in [2.45, 2.75) is 0 Å². The molecule has 0 fully saturated rings. The molecule has 0 amide bonds. The zero-order valence-corrected chi connectivity index (χ0v) is 8.74. The second-order valence-corrected chi connectivity index (χ2v) is 3.33. The molecule has 0 aliphatic heterocycles. The minimum atomic E-state index is -0.655. The first-order chi connectivity index (χ1) is 8.16. The average molecular weight is 231 g/mol. The Labute approximate surface area is 96.8 Å². The van der Waals surface area contributed by atoms with Gasteiger partial charge in [0.15, 0.2) is 11.5 Å². The topological polar surface area (TPSA) is 76.5 Å². The van der Waals surface area contributed by atoms with Gasteiger partial charge in [0.25, 0.3) is 0 Å². The third-order valence-electron chi connectivity index (χ3n) is 2.15. The molecular weight excluding hydrogens is 222 g/mol. The zero-order valence-electron chi connectivity index (χ0n) is 8.74. The van der Waals surface area contributed by atoms with Crippen LogP contribution in [0.4, 0.5) is 5.88 Å². The van der Waals surface area contributed by atoms with Crippen molar-refractivity contribution in [3.8, 4) is 0 Å². The van der Waals surface area contributed by atoms with Gasteiger partial charge in [0.05, 0.1) is 6.07 Å². The molecule has 1 N–H and O–H groups in total. The van der Waals surface area contributed by atoms with Crippen LogP contribution in [0.25, 0.3) is 5.76 Å². The molecule has 1 aliphatic carbocycles. The van der Waals surface area contributed by atoms with Crippen molar-refractivity contribution in [1.82, 2.24) is 0 Å². The standard InChI is InChI=1S/C12H9NO4/c14-10(6-5-9-3-1-2-4-9)11-7-8-12(17-11)13(15)16/h1-8,14H/b10-6+. The number of allylic oxidation sites excluding steroid dienone is 7. The molecule has 5 nitrogen and oxygen atoms in total. The van der Waals surface area contributed by atoms with Crippen molar-refractivity contribution in [2.75, 3.05) is 0 Å². The number of nitro groups is 1. The molecule has 0 unspecified atom stereocenters. The van der Waals surface area contributed by atoms with Gasteiger partial charge in [-0.25, -0.2) is 0 Å². The van der Waals surface area contributed by atoms with Crippen LogP contribution in [0.5, 0.6) is 0 Å². The van der Waals surface area contributed by atoms with E-state index in [2.05, 4.69) is 0 Å². The molecule has 0 atom stereocenters. The predicted molar refractivity (Wildman–Crippen MR) is 62.3 cm³/mol. The maximum Gasteiger partial charge on any atom is 0.433 e. The third kappa shape index (κ3) is 2.52. The van der Waals surface area contributed by atoms with Gasteiger partial charge in [-0.3, -0.25) is 10.1 Å². The second-order valence-electron chi connectivity index (χ2n) is 3.33. The summed E-state index contributed by atoms with van der Waals surface area (Å²) in [5, 5.41) is 20.0. The van der Waals surface area contributed by atoms with E-state index in [1.807, 2.05) is 24.3 Å². The summed E-state index contributed by atoms with van der Waals surface area (Å²) in [6.07, 6.45) is 10.6. The van der Waals surface area contributed by atoms with Crippen molar-refractivity contribution in [2.24, 2.45) is 0 Å². The predicted octanol–water partition coefficient (Wildman–Crippen LogP) is 3.14. The fourth-order valence-electron chi connectivity index (χ4n) is 1.32. The number of rotatable bonds is 3. The summed E-state index contributed by atoms with van der Waals surface area (Å²) >= 11 is 0. The van der Waals surface area contributed by atoms with Crippen LogP contribution in [0.1, 0.15) is 5.76 Å². The fourth-order valence-corrected chi connectivity index (χ4v) is 1.32. The highest BCUT2D eigenvalue weighted by atomic mass is 16.6. The molecule has 5 heteroatoms. The maximum atomic E-state index is 10.4. The molecule has 0 bridgehead atoms. The number of furan rings is 1. The van der Waals surface area contributed by atoms with Crippen molar-refractivity contribution in [3.63, 3.8) is 0 Å². The van der Waals surface area contributed by atoms with Gasteiger partial charge in [0.2, 0.25) is 0 Å². The smallest absolute Gasteiger partial charge is 0.433 e. The van der Waals surface area contributed by atoms with Gasteiger partial charge in [-0.2, -0.15) is 0 Å². The highest BCUT2D eigenvalue weighted by molar-refractivity contribution is 5.57. The molecule has 0 aromatic carbocycles. The third-order valence-corrected chi connectivity index (χ3v) is 2.15. The van der Waals surface area contributed by atoms with Crippen LogP contribution in [0.2, 0.25) is 0 Å². The quantitative estimate of drug-likeness (QED) is 0.492. The highest BCUT2D eigenvalue weighted by Gasteiger charge is 2.13. The van der Waals surface area contributed by atoms with Crippen molar-refractivity contribution < 1.29 is 14.4 Å². The molecular formula is C12H9NO4. The molecule has 1 aromatic heterocycles. The summed E-state index contributed by atoms with van der Waals surface area (Å²) in [7, 11) is 0. The summed E-state index contributed by atoms with van der Waals surface area (Å²) in [4.78, 5) is 9.73. The SMILES string of the molecule is O=[N+]([O-])c1ccc(/C(O)=C\C=C2C=CC=C2)o1. The van der Waals surface area contributed by atoms with Crippen LogP contribution >= 0.6 is 0 Å². The Balaban J connectivity index is 2.18. The Kier molecular flexibility index (Phi) is 2.91. The fraction of sp³-hybridized carbons (Fsp3) is 0. The average Bonchev–Trinajstić information content (AvgIpc) is 2.96. The number of hydrogen-bond acceptors (Lipinski definition) is 4. The molecule has 17 heavy (non-hydrogen) atoms. The van der Waals surface area contributed by atoms with Gasteiger partial charge in [0.1, 0.15) is 4.92 Å². The lowest BCUT2D eigenvalue weighted by Gasteiger charge is -1.92. The summed E-state index contributed by atoms with van der Waals surface area (Å²) < 4.78 is 4.84. The molecule has 1 heterocycles. The molecule has 0 saturated carbocycles. The van der Waals surface area contributed by atoms with Gasteiger partial charge < -0.3 is 9.52 Å². The van der Waals surface area contributed by atoms with Gasteiger partial charge in [-0.05, 0) is 17.7 Å². The van der Waals surface area contributed by atoms with E-state index in [4.69, 9.17) is 4.42 Å². The number of aliphatic hydroxyl groups is 1. The largest absolute Gasteiger partial charge is 0.504 e. The van der Waals surface area contributed by atoms with Crippen LogP contribution in [0.3, 0.4) is 0 Å². The van der Waals surface area contributed by atoms with E-state index in [0.29, 0.717) is 0 Å². The van der Waals surface area contributed by atoms with Crippen LogP contribution in [0.15, 0.2) is 58.6 Å². The summed E-state index contributed by atoms with van der Waals surface area (Å²) in [6.45, 7) is 0. The number of nitrogens with zero attached hydrogens (tertiary/aromatic N) is 1. The van der Waals surface area contributed by atoms with Gasteiger partial charge in [0, 0.05) is 0 Å². The van der Waals surface area contributed by atoms with E-state index < -0.39 is 10.8 Å². The Hall–Kier alpha value is -2.56. The van der Waals surface area contributed by atoms with Crippen LogP contribution in [-0.4, -0.2) is 10.0 Å². The summed E-state index contributed by atoms with van der Waals surface area (Å²) in [6, 6.07) is 2.55. The Morgan fingerprint density at radius 3 is 2.65 bits per heavy atom. The first kappa shape index (κ1) is 10.9. The number of aliphatic hydroxyl groups excluding tert-OH is 1. The molecule has 2 rings (SSSR count). The van der Waals surface area contributed by atoms with Crippen LogP contribution in [0, 0.1) is 10.1 Å². The van der Waals surface area contributed by atoms with E-state index in [1.54, 1.807) is 6.08 Å². The van der Waals surface area contributed by atoms with Crippen molar-refractivity contribution in [3.05, 3.63) is 70.0 Å². The van der Waals surface area contributed by atoms with E-state index in [-0.39, 0.29) is 11.5 Å². The van der Waals surface area contributed by atoms with Crippen LogP contribution < -0.4 is 0 Å². The van der Waals surface area contributed by atoms with E-state index in [0.717, 1.165) is 5.57 Å². The normalized spacial score (nSPS) is 14.4.